The van der Waals surface area contributed by atoms with E-state index >= 15 is 0 Å². The molecule has 0 spiro atoms. The van der Waals surface area contributed by atoms with E-state index in [0.29, 0.717) is 16.8 Å². The molecule has 3 rings (SSSR count). The molecule has 0 unspecified atom stereocenters. The molecule has 1 aromatic carbocycles. The van der Waals surface area contributed by atoms with Crippen LogP contribution in [0.1, 0.15) is 18.4 Å². The zero-order chi connectivity index (χ0) is 17.2. The molecular weight excluding hydrogens is 322 g/mol. The third-order valence-corrected chi connectivity index (χ3v) is 5.45. The van der Waals surface area contributed by atoms with Crippen molar-refractivity contribution in [2.45, 2.75) is 30.7 Å². The molecule has 1 N–H and O–H groups in total. The number of rotatable bonds is 4. The van der Waals surface area contributed by atoms with Crippen LogP contribution in [0.4, 0.5) is 11.5 Å². The molecule has 0 amide bonds. The highest BCUT2D eigenvalue weighted by Crippen LogP contribution is 2.26. The number of hydrogen-bond acceptors (Lipinski definition) is 5. The van der Waals surface area contributed by atoms with Crippen molar-refractivity contribution in [1.82, 2.24) is 4.98 Å². The Bertz CT molecular complexity index is 813. The second-order valence-electron chi connectivity index (χ2n) is 6.37. The van der Waals surface area contributed by atoms with Gasteiger partial charge in [0.25, 0.3) is 0 Å². The largest absolute Gasteiger partial charge is 0.382 e. The number of sulfone groups is 1. The summed E-state index contributed by atoms with van der Waals surface area (Å²) in [6.45, 7) is 3.67. The SMILES string of the molecule is Cc1cccc(NC2CCN(c3ncccc3S(C)(=O)=O)CC2)c1. The van der Waals surface area contributed by atoms with Gasteiger partial charge in [-0.2, -0.15) is 0 Å². The molecule has 2 aromatic rings. The molecule has 0 bridgehead atoms. The van der Waals surface area contributed by atoms with Gasteiger partial charge in [-0.3, -0.25) is 0 Å². The number of piperidine rings is 1. The summed E-state index contributed by atoms with van der Waals surface area (Å²) in [5.41, 5.74) is 2.38. The molecule has 2 heterocycles. The van der Waals surface area contributed by atoms with E-state index < -0.39 is 9.84 Å². The van der Waals surface area contributed by atoms with Crippen molar-refractivity contribution < 1.29 is 8.42 Å². The molecular formula is C18H23N3O2S. The molecule has 24 heavy (non-hydrogen) atoms. The number of aryl methyl sites for hydroxylation is 1. The number of anilines is 2. The normalized spacial score (nSPS) is 16.2. The molecule has 1 saturated heterocycles. The summed E-state index contributed by atoms with van der Waals surface area (Å²) in [7, 11) is -3.27. The summed E-state index contributed by atoms with van der Waals surface area (Å²) >= 11 is 0. The van der Waals surface area contributed by atoms with Gasteiger partial charge in [-0.25, -0.2) is 13.4 Å². The number of nitrogens with one attached hydrogen (secondary N) is 1. The summed E-state index contributed by atoms with van der Waals surface area (Å²) in [6, 6.07) is 12.1. The Kier molecular flexibility index (Phi) is 4.76. The van der Waals surface area contributed by atoms with Crippen LogP contribution in [0.2, 0.25) is 0 Å². The average Bonchev–Trinajstić information content (AvgIpc) is 2.55. The molecule has 1 aromatic heterocycles. The highest BCUT2D eigenvalue weighted by atomic mass is 32.2. The summed E-state index contributed by atoms with van der Waals surface area (Å²) in [4.78, 5) is 6.70. The lowest BCUT2D eigenvalue weighted by Gasteiger charge is -2.34. The predicted octanol–water partition coefficient (Wildman–Crippen LogP) is 2.87. The zero-order valence-corrected chi connectivity index (χ0v) is 14.9. The van der Waals surface area contributed by atoms with Gasteiger partial charge < -0.3 is 10.2 Å². The Labute approximate surface area is 143 Å². The molecule has 0 aliphatic carbocycles. The topological polar surface area (TPSA) is 62.3 Å². The minimum absolute atomic E-state index is 0.315. The first-order chi connectivity index (χ1) is 11.4. The summed E-state index contributed by atoms with van der Waals surface area (Å²) < 4.78 is 23.9. The van der Waals surface area contributed by atoms with Crippen molar-refractivity contribution in [2.75, 3.05) is 29.6 Å². The van der Waals surface area contributed by atoms with E-state index in [1.807, 2.05) is 0 Å². The second kappa shape index (κ2) is 6.81. The van der Waals surface area contributed by atoms with E-state index in [-0.39, 0.29) is 0 Å². The summed E-state index contributed by atoms with van der Waals surface area (Å²) in [6.07, 6.45) is 4.79. The molecule has 1 aliphatic rings. The van der Waals surface area contributed by atoms with Crippen LogP contribution in [0.3, 0.4) is 0 Å². The van der Waals surface area contributed by atoms with Crippen LogP contribution in [0.25, 0.3) is 0 Å². The molecule has 1 fully saturated rings. The van der Waals surface area contributed by atoms with Crippen LogP contribution in [0.5, 0.6) is 0 Å². The van der Waals surface area contributed by atoms with Crippen molar-refractivity contribution in [3.63, 3.8) is 0 Å². The average molecular weight is 345 g/mol. The van der Waals surface area contributed by atoms with Gasteiger partial charge in [-0.1, -0.05) is 12.1 Å². The van der Waals surface area contributed by atoms with Gasteiger partial charge in [0.2, 0.25) is 0 Å². The molecule has 6 heteroatoms. The molecule has 1 aliphatic heterocycles. The summed E-state index contributed by atoms with van der Waals surface area (Å²) in [5.74, 6) is 0.578. The van der Waals surface area contributed by atoms with E-state index in [4.69, 9.17) is 0 Å². The highest BCUT2D eigenvalue weighted by Gasteiger charge is 2.24. The third-order valence-electron chi connectivity index (χ3n) is 4.33. The van der Waals surface area contributed by atoms with E-state index in [0.717, 1.165) is 31.6 Å². The van der Waals surface area contributed by atoms with Crippen LogP contribution in [0.15, 0.2) is 47.5 Å². The predicted molar refractivity (Wildman–Crippen MR) is 97.4 cm³/mol. The Morgan fingerprint density at radius 1 is 1.17 bits per heavy atom. The maximum atomic E-state index is 12.0. The molecule has 0 radical (unpaired) electrons. The monoisotopic (exact) mass is 345 g/mol. The maximum absolute atomic E-state index is 12.0. The van der Waals surface area contributed by atoms with Crippen LogP contribution >= 0.6 is 0 Å². The van der Waals surface area contributed by atoms with Gasteiger partial charge in [0.15, 0.2) is 9.84 Å². The minimum atomic E-state index is -3.27. The Morgan fingerprint density at radius 2 is 1.92 bits per heavy atom. The Hall–Kier alpha value is -2.08. The van der Waals surface area contributed by atoms with Crippen LogP contribution in [-0.2, 0) is 9.84 Å². The van der Waals surface area contributed by atoms with E-state index in [1.165, 1.54) is 11.8 Å². The van der Waals surface area contributed by atoms with E-state index in [2.05, 4.69) is 46.4 Å². The highest BCUT2D eigenvalue weighted by molar-refractivity contribution is 7.90. The number of hydrogen-bond donors (Lipinski definition) is 1. The van der Waals surface area contributed by atoms with Gasteiger partial charge in [0, 0.05) is 37.3 Å². The van der Waals surface area contributed by atoms with E-state index in [9.17, 15) is 8.42 Å². The molecule has 0 saturated carbocycles. The first-order valence-corrected chi connectivity index (χ1v) is 10.1. The fraction of sp³-hybridized carbons (Fsp3) is 0.389. The zero-order valence-electron chi connectivity index (χ0n) is 14.1. The number of aromatic nitrogens is 1. The van der Waals surface area contributed by atoms with Crippen LogP contribution < -0.4 is 10.2 Å². The number of benzene rings is 1. The molecule has 128 valence electrons. The van der Waals surface area contributed by atoms with Gasteiger partial charge >= 0.3 is 0 Å². The lowest BCUT2D eigenvalue weighted by molar-refractivity contribution is 0.520. The smallest absolute Gasteiger partial charge is 0.179 e. The quantitative estimate of drug-likeness (QED) is 0.923. The lowest BCUT2D eigenvalue weighted by Crippen LogP contribution is -2.40. The van der Waals surface area contributed by atoms with Gasteiger partial charge in [-0.15, -0.1) is 0 Å². The lowest BCUT2D eigenvalue weighted by atomic mass is 10.0. The van der Waals surface area contributed by atoms with Crippen LogP contribution in [0, 0.1) is 6.92 Å². The molecule has 0 atom stereocenters. The van der Waals surface area contributed by atoms with Gasteiger partial charge in [0.1, 0.15) is 10.7 Å². The van der Waals surface area contributed by atoms with Crippen molar-refractivity contribution >= 4 is 21.3 Å². The first-order valence-electron chi connectivity index (χ1n) is 8.17. The summed E-state index contributed by atoms with van der Waals surface area (Å²) in [5, 5.41) is 3.57. The Morgan fingerprint density at radius 3 is 2.58 bits per heavy atom. The van der Waals surface area contributed by atoms with Crippen molar-refractivity contribution in [3.8, 4) is 0 Å². The minimum Gasteiger partial charge on any atom is -0.382 e. The molecule has 5 nitrogen and oxygen atoms in total. The number of nitrogens with zero attached hydrogens (tertiary/aromatic N) is 2. The van der Waals surface area contributed by atoms with Crippen molar-refractivity contribution in [3.05, 3.63) is 48.2 Å². The van der Waals surface area contributed by atoms with Crippen molar-refractivity contribution in [1.29, 1.82) is 0 Å². The van der Waals surface area contributed by atoms with Crippen LogP contribution in [-0.4, -0.2) is 38.8 Å². The third kappa shape index (κ3) is 3.87. The van der Waals surface area contributed by atoms with E-state index in [1.54, 1.807) is 18.3 Å². The fourth-order valence-corrected chi connectivity index (χ4v) is 3.95. The number of pyridine rings is 1. The maximum Gasteiger partial charge on any atom is 0.179 e. The second-order valence-corrected chi connectivity index (χ2v) is 8.36. The Balaban J connectivity index is 1.68. The standard InChI is InChI=1S/C18H23N3O2S/c1-14-5-3-6-16(13-14)20-15-8-11-21(12-9-15)18-17(24(2,22)23)7-4-10-19-18/h3-7,10,13,15,20H,8-9,11-12H2,1-2H3. The first kappa shape index (κ1) is 16.8. The van der Waals surface area contributed by atoms with Crippen molar-refractivity contribution in [2.24, 2.45) is 0 Å². The van der Waals surface area contributed by atoms with Gasteiger partial charge in [0.05, 0.1) is 0 Å². The van der Waals surface area contributed by atoms with Gasteiger partial charge in [-0.05, 0) is 49.6 Å². The fourth-order valence-electron chi connectivity index (χ4n) is 3.12.